The van der Waals surface area contributed by atoms with Crippen molar-refractivity contribution < 1.29 is 19.0 Å². The van der Waals surface area contributed by atoms with Gasteiger partial charge in [-0.1, -0.05) is 6.92 Å². The number of benzene rings is 1. The number of rotatable bonds is 5. The molecule has 1 aromatic carbocycles. The van der Waals surface area contributed by atoms with Crippen molar-refractivity contribution in [2.75, 3.05) is 26.2 Å². The Morgan fingerprint density at radius 3 is 2.86 bits per heavy atom. The Kier molecular flexibility index (Phi) is 6.00. The van der Waals surface area contributed by atoms with Crippen molar-refractivity contribution in [3.05, 3.63) is 30.1 Å². The van der Waals surface area contributed by atoms with E-state index in [0.717, 1.165) is 6.42 Å². The third kappa shape index (κ3) is 4.87. The van der Waals surface area contributed by atoms with E-state index in [1.165, 1.54) is 12.1 Å². The molecule has 1 heterocycles. The number of carbonyl (C=O) groups excluding carboxylic acids is 1. The normalized spacial score (nSPS) is 21.5. The molecule has 1 fully saturated rings. The zero-order valence-electron chi connectivity index (χ0n) is 12.8. The highest BCUT2D eigenvalue weighted by molar-refractivity contribution is 5.74. The lowest BCUT2D eigenvalue weighted by Crippen LogP contribution is -2.49. The summed E-state index contributed by atoms with van der Waals surface area (Å²) in [4.78, 5) is 13.6. The third-order valence-electron chi connectivity index (χ3n) is 3.89. The van der Waals surface area contributed by atoms with E-state index in [2.05, 4.69) is 5.32 Å². The van der Waals surface area contributed by atoms with Crippen LogP contribution in [-0.2, 0) is 0 Å². The zero-order chi connectivity index (χ0) is 15.9. The molecule has 0 spiro atoms. The van der Waals surface area contributed by atoms with Crippen LogP contribution in [0.5, 0.6) is 5.75 Å². The van der Waals surface area contributed by atoms with Crippen LogP contribution >= 0.6 is 0 Å². The summed E-state index contributed by atoms with van der Waals surface area (Å²) in [6.45, 7) is 4.01. The molecule has 2 unspecified atom stereocenters. The maximum atomic E-state index is 12.7. The monoisotopic (exact) mass is 310 g/mol. The predicted octanol–water partition coefficient (Wildman–Crippen LogP) is 2.01. The van der Waals surface area contributed by atoms with Crippen molar-refractivity contribution in [1.82, 2.24) is 10.2 Å². The van der Waals surface area contributed by atoms with Gasteiger partial charge in [-0.3, -0.25) is 0 Å². The number of nitrogens with one attached hydrogen (secondary N) is 1. The van der Waals surface area contributed by atoms with E-state index < -0.39 is 6.10 Å². The van der Waals surface area contributed by atoms with E-state index in [1.807, 2.05) is 6.92 Å². The molecule has 5 nitrogen and oxygen atoms in total. The Labute approximate surface area is 130 Å². The first kappa shape index (κ1) is 16.5. The van der Waals surface area contributed by atoms with Crippen molar-refractivity contribution in [2.24, 2.45) is 5.92 Å². The van der Waals surface area contributed by atoms with Crippen LogP contribution in [0.25, 0.3) is 0 Å². The Bertz CT molecular complexity index is 481. The van der Waals surface area contributed by atoms with Crippen molar-refractivity contribution in [1.29, 1.82) is 0 Å². The molecule has 0 aliphatic carbocycles. The summed E-state index contributed by atoms with van der Waals surface area (Å²) in [6.07, 6.45) is 1.04. The first-order chi connectivity index (χ1) is 10.6. The predicted molar refractivity (Wildman–Crippen MR) is 81.3 cm³/mol. The second-order valence-electron chi connectivity index (χ2n) is 5.67. The fourth-order valence-corrected chi connectivity index (χ4v) is 2.33. The molecule has 0 aromatic heterocycles. The molecule has 2 rings (SSSR count). The largest absolute Gasteiger partial charge is 0.494 e. The maximum Gasteiger partial charge on any atom is 0.317 e. The minimum absolute atomic E-state index is 0.146. The van der Waals surface area contributed by atoms with Gasteiger partial charge in [-0.05, 0) is 43.0 Å². The average molecular weight is 310 g/mol. The van der Waals surface area contributed by atoms with Gasteiger partial charge in [0.2, 0.25) is 0 Å². The van der Waals surface area contributed by atoms with Gasteiger partial charge in [-0.15, -0.1) is 0 Å². The molecular weight excluding hydrogens is 287 g/mol. The van der Waals surface area contributed by atoms with E-state index in [9.17, 15) is 14.3 Å². The molecule has 0 saturated carbocycles. The number of aliphatic hydroxyl groups excluding tert-OH is 1. The number of piperidine rings is 1. The summed E-state index contributed by atoms with van der Waals surface area (Å²) in [5, 5.41) is 12.6. The van der Waals surface area contributed by atoms with Gasteiger partial charge >= 0.3 is 6.03 Å². The topological polar surface area (TPSA) is 61.8 Å². The molecule has 6 heteroatoms. The second-order valence-corrected chi connectivity index (χ2v) is 5.67. The minimum Gasteiger partial charge on any atom is -0.494 e. The van der Waals surface area contributed by atoms with E-state index >= 15 is 0 Å². The van der Waals surface area contributed by atoms with E-state index in [4.69, 9.17) is 4.74 Å². The minimum atomic E-state index is -0.443. The summed E-state index contributed by atoms with van der Waals surface area (Å²) in [5.41, 5.74) is 0. The maximum absolute atomic E-state index is 12.7. The van der Waals surface area contributed by atoms with Gasteiger partial charge in [0.1, 0.15) is 11.6 Å². The fourth-order valence-electron chi connectivity index (χ4n) is 2.33. The number of nitrogens with zero attached hydrogens (tertiary/aromatic N) is 1. The van der Waals surface area contributed by atoms with Crippen LogP contribution in [0.2, 0.25) is 0 Å². The summed E-state index contributed by atoms with van der Waals surface area (Å²) >= 11 is 0. The van der Waals surface area contributed by atoms with Crippen molar-refractivity contribution >= 4 is 6.03 Å². The second kappa shape index (κ2) is 7.98. The SMILES string of the molecule is CC1CCN(C(=O)NCCCOc2ccc(F)cc2)CC1O. The summed E-state index contributed by atoms with van der Waals surface area (Å²) in [5.74, 6) is 0.562. The molecule has 122 valence electrons. The van der Waals surface area contributed by atoms with Gasteiger partial charge < -0.3 is 20.1 Å². The molecule has 22 heavy (non-hydrogen) atoms. The van der Waals surface area contributed by atoms with E-state index in [0.29, 0.717) is 38.4 Å². The Balaban J connectivity index is 1.60. The number of urea groups is 1. The lowest BCUT2D eigenvalue weighted by molar-refractivity contribution is 0.0435. The van der Waals surface area contributed by atoms with Crippen LogP contribution in [0.3, 0.4) is 0 Å². The van der Waals surface area contributed by atoms with E-state index in [-0.39, 0.29) is 17.8 Å². The molecule has 0 bridgehead atoms. The standard InChI is InChI=1S/C16H23FN2O3/c1-12-7-9-19(11-15(12)20)16(21)18-8-2-10-22-14-5-3-13(17)4-6-14/h3-6,12,15,20H,2,7-11H2,1H3,(H,18,21). The van der Waals surface area contributed by atoms with Crippen LogP contribution in [0, 0.1) is 11.7 Å². The van der Waals surface area contributed by atoms with Gasteiger partial charge in [-0.2, -0.15) is 0 Å². The summed E-state index contributed by atoms with van der Waals surface area (Å²) in [7, 11) is 0. The summed E-state index contributed by atoms with van der Waals surface area (Å²) in [6, 6.07) is 5.70. The molecule has 2 amide bonds. The Hall–Kier alpha value is -1.82. The first-order valence-corrected chi connectivity index (χ1v) is 7.65. The van der Waals surface area contributed by atoms with Gasteiger partial charge in [0, 0.05) is 19.6 Å². The Morgan fingerprint density at radius 2 is 2.18 bits per heavy atom. The molecule has 2 atom stereocenters. The highest BCUT2D eigenvalue weighted by Crippen LogP contribution is 2.16. The van der Waals surface area contributed by atoms with Crippen LogP contribution < -0.4 is 10.1 Å². The number of ether oxygens (including phenoxy) is 1. The highest BCUT2D eigenvalue weighted by Gasteiger charge is 2.26. The molecule has 1 saturated heterocycles. The number of β-amino-alcohol motifs (C(OH)–C–C–N with tert-alkyl or cyclic N) is 1. The molecular formula is C16H23FN2O3. The van der Waals surface area contributed by atoms with Crippen LogP contribution in [0.15, 0.2) is 24.3 Å². The number of amides is 2. The highest BCUT2D eigenvalue weighted by atomic mass is 19.1. The molecule has 1 aliphatic rings. The Morgan fingerprint density at radius 1 is 1.45 bits per heavy atom. The summed E-state index contributed by atoms with van der Waals surface area (Å²) < 4.78 is 18.2. The third-order valence-corrected chi connectivity index (χ3v) is 3.89. The van der Waals surface area contributed by atoms with Gasteiger partial charge in [0.15, 0.2) is 0 Å². The van der Waals surface area contributed by atoms with Crippen molar-refractivity contribution in [3.63, 3.8) is 0 Å². The number of hydrogen-bond donors (Lipinski definition) is 2. The van der Waals surface area contributed by atoms with Gasteiger partial charge in [0.25, 0.3) is 0 Å². The number of carbonyl (C=O) groups is 1. The molecule has 2 N–H and O–H groups in total. The number of halogens is 1. The van der Waals surface area contributed by atoms with Crippen LogP contribution in [0.1, 0.15) is 19.8 Å². The quantitative estimate of drug-likeness (QED) is 0.818. The van der Waals surface area contributed by atoms with Gasteiger partial charge in [0.05, 0.1) is 12.7 Å². The number of likely N-dealkylation sites (tertiary alicyclic amines) is 1. The fraction of sp³-hybridized carbons (Fsp3) is 0.562. The van der Waals surface area contributed by atoms with Crippen LogP contribution in [0.4, 0.5) is 9.18 Å². The average Bonchev–Trinajstić information content (AvgIpc) is 2.51. The van der Waals surface area contributed by atoms with Crippen molar-refractivity contribution in [2.45, 2.75) is 25.9 Å². The smallest absolute Gasteiger partial charge is 0.317 e. The van der Waals surface area contributed by atoms with Crippen molar-refractivity contribution in [3.8, 4) is 5.75 Å². The number of aliphatic hydroxyl groups is 1. The number of hydrogen-bond acceptors (Lipinski definition) is 3. The first-order valence-electron chi connectivity index (χ1n) is 7.65. The molecule has 1 aliphatic heterocycles. The van der Waals surface area contributed by atoms with E-state index in [1.54, 1.807) is 17.0 Å². The lowest BCUT2D eigenvalue weighted by Gasteiger charge is -2.34. The zero-order valence-corrected chi connectivity index (χ0v) is 12.8. The molecule has 0 radical (unpaired) electrons. The van der Waals surface area contributed by atoms with Crippen LogP contribution in [-0.4, -0.2) is 48.4 Å². The van der Waals surface area contributed by atoms with Gasteiger partial charge in [-0.25, -0.2) is 9.18 Å². The lowest BCUT2D eigenvalue weighted by atomic mass is 9.96. The molecule has 1 aromatic rings.